The molecule has 11 nitrogen and oxygen atoms in total. The fourth-order valence-electron chi connectivity index (χ4n) is 5.80. The van der Waals surface area contributed by atoms with Gasteiger partial charge in [-0.2, -0.15) is 0 Å². The number of aliphatic hydroxyl groups excluding tert-OH is 1. The van der Waals surface area contributed by atoms with Gasteiger partial charge in [0.1, 0.15) is 13.2 Å². The van der Waals surface area contributed by atoms with Crippen molar-refractivity contribution in [1.82, 2.24) is 25.5 Å². The number of amides is 2. The van der Waals surface area contributed by atoms with E-state index in [2.05, 4.69) is 20.5 Å². The van der Waals surface area contributed by atoms with Crippen molar-refractivity contribution in [3.05, 3.63) is 81.8 Å². The Labute approximate surface area is 288 Å². The lowest BCUT2D eigenvalue weighted by molar-refractivity contribution is -0.119. The van der Waals surface area contributed by atoms with Gasteiger partial charge in [0.15, 0.2) is 0 Å². The molecular weight excluding hydrogens is 657 g/mol. The normalized spacial score (nSPS) is 16.0. The van der Waals surface area contributed by atoms with Crippen molar-refractivity contribution < 1.29 is 28.9 Å². The molecule has 0 radical (unpaired) electrons. The second-order valence-electron chi connectivity index (χ2n) is 11.5. The molecule has 250 valence electrons. The number of carbonyl (C=O) groups excluding carboxylic acids is 2. The van der Waals surface area contributed by atoms with Gasteiger partial charge in [-0.15, -0.1) is 0 Å². The Hall–Kier alpha value is -4.42. The number of methoxy groups -OCH3 is 1. The number of rotatable bonds is 10. The first-order valence-electron chi connectivity index (χ1n) is 15.6. The van der Waals surface area contributed by atoms with Gasteiger partial charge in [-0.3, -0.25) is 9.69 Å². The molecule has 1 atom stereocenters. The number of nitrogens with one attached hydrogen (secondary N) is 2. The second kappa shape index (κ2) is 15.2. The molecule has 0 aliphatic carbocycles. The van der Waals surface area contributed by atoms with Gasteiger partial charge in [-0.05, 0) is 24.6 Å². The highest BCUT2D eigenvalue weighted by atomic mass is 35.5. The van der Waals surface area contributed by atoms with Crippen molar-refractivity contribution in [2.75, 3.05) is 40.0 Å². The standard InChI is InChI=1S/C35H35Cl2N5O6/c1-46-33-22(20-48-35(45)38-18-23-10-13-30(44)39-23)9-12-28(40-33)26-6-2-4-24(31(26)36)25-5-3-7-27(32(25)37)29-11-8-21-19-42(14-16-43)15-17-47-34(21)41-29/h2-9,11-12,23,43H,10,13-20H2,1H3,(H,38,45)(H,39,44)/t23-/m0/s1. The molecule has 13 heteroatoms. The quantitative estimate of drug-likeness (QED) is 0.197. The molecule has 2 aliphatic heterocycles. The van der Waals surface area contributed by atoms with Gasteiger partial charge in [-0.1, -0.05) is 65.7 Å². The molecular formula is C35H35Cl2N5O6. The van der Waals surface area contributed by atoms with E-state index < -0.39 is 6.09 Å². The second-order valence-corrected chi connectivity index (χ2v) is 12.2. The topological polar surface area (TPSA) is 135 Å². The summed E-state index contributed by atoms with van der Waals surface area (Å²) >= 11 is 14.1. The summed E-state index contributed by atoms with van der Waals surface area (Å²) < 4.78 is 16.9. The summed E-state index contributed by atoms with van der Waals surface area (Å²) in [5, 5.41) is 15.8. The van der Waals surface area contributed by atoms with E-state index >= 15 is 0 Å². The Morgan fingerprint density at radius 1 is 1.02 bits per heavy atom. The number of β-amino-alcohol motifs (C(OH)–C–C–N with tert-alkyl or cyclic N) is 1. The molecule has 0 bridgehead atoms. The van der Waals surface area contributed by atoms with E-state index in [4.69, 9.17) is 42.4 Å². The third-order valence-electron chi connectivity index (χ3n) is 8.30. The zero-order valence-electron chi connectivity index (χ0n) is 26.3. The predicted octanol–water partition coefficient (Wildman–Crippen LogP) is 5.48. The Kier molecular flexibility index (Phi) is 10.6. The summed E-state index contributed by atoms with van der Waals surface area (Å²) in [5.41, 5.74) is 5.62. The van der Waals surface area contributed by atoms with Crippen molar-refractivity contribution in [1.29, 1.82) is 0 Å². The Morgan fingerprint density at radius 2 is 1.71 bits per heavy atom. The van der Waals surface area contributed by atoms with E-state index in [1.165, 1.54) is 7.11 Å². The summed E-state index contributed by atoms with van der Waals surface area (Å²) in [6.45, 7) is 2.72. The lowest BCUT2D eigenvalue weighted by Crippen LogP contribution is -2.38. The Morgan fingerprint density at radius 3 is 2.38 bits per heavy atom. The van der Waals surface area contributed by atoms with Crippen LogP contribution in [0, 0.1) is 0 Å². The Balaban J connectivity index is 1.21. The molecule has 2 aromatic heterocycles. The molecule has 2 amide bonds. The van der Waals surface area contributed by atoms with Crippen LogP contribution in [0.5, 0.6) is 11.8 Å². The van der Waals surface area contributed by atoms with Crippen LogP contribution < -0.4 is 20.1 Å². The molecule has 0 spiro atoms. The van der Waals surface area contributed by atoms with Crippen molar-refractivity contribution in [3.63, 3.8) is 0 Å². The molecule has 4 heterocycles. The maximum atomic E-state index is 12.3. The number of aliphatic hydroxyl groups is 1. The number of alkyl carbamates (subject to hydrolysis) is 1. The number of carbonyl (C=O) groups is 2. The van der Waals surface area contributed by atoms with Crippen molar-refractivity contribution >= 4 is 35.2 Å². The van der Waals surface area contributed by atoms with E-state index in [-0.39, 0.29) is 25.2 Å². The average molecular weight is 693 g/mol. The van der Waals surface area contributed by atoms with E-state index in [1.54, 1.807) is 12.1 Å². The SMILES string of the molecule is COc1nc(-c2cccc(-c3cccc(-c4ccc5c(n4)OCCN(CCO)C5)c3Cl)c2Cl)ccc1COC(=O)NC[C@@H]1CCC(=O)N1. The van der Waals surface area contributed by atoms with Gasteiger partial charge in [0.05, 0.1) is 40.7 Å². The van der Waals surface area contributed by atoms with E-state index in [1.807, 2.05) is 48.5 Å². The molecule has 1 fully saturated rings. The monoisotopic (exact) mass is 691 g/mol. The van der Waals surface area contributed by atoms with E-state index in [9.17, 15) is 14.7 Å². The molecule has 4 aromatic rings. The molecule has 2 aliphatic rings. The fraction of sp³-hybridized carbons (Fsp3) is 0.314. The summed E-state index contributed by atoms with van der Waals surface area (Å²) in [6.07, 6.45) is 0.529. The van der Waals surface area contributed by atoms with Gasteiger partial charge in [-0.25, -0.2) is 14.8 Å². The average Bonchev–Trinajstić information content (AvgIpc) is 3.41. The van der Waals surface area contributed by atoms with Gasteiger partial charge in [0.2, 0.25) is 17.7 Å². The number of aromatic nitrogens is 2. The fourth-order valence-corrected chi connectivity index (χ4v) is 6.45. The van der Waals surface area contributed by atoms with Crippen molar-refractivity contribution in [2.24, 2.45) is 0 Å². The van der Waals surface area contributed by atoms with Crippen molar-refractivity contribution in [2.45, 2.75) is 32.0 Å². The minimum Gasteiger partial charge on any atom is -0.481 e. The van der Waals surface area contributed by atoms with Crippen LogP contribution in [0.15, 0.2) is 60.7 Å². The maximum absolute atomic E-state index is 12.3. The van der Waals surface area contributed by atoms with Crippen LogP contribution in [-0.2, 0) is 22.7 Å². The van der Waals surface area contributed by atoms with Crippen LogP contribution in [0.25, 0.3) is 33.6 Å². The third kappa shape index (κ3) is 7.50. The maximum Gasteiger partial charge on any atom is 0.407 e. The van der Waals surface area contributed by atoms with Crippen molar-refractivity contribution in [3.8, 4) is 45.4 Å². The van der Waals surface area contributed by atoms with E-state index in [0.717, 1.165) is 22.3 Å². The van der Waals surface area contributed by atoms with Crippen LogP contribution in [0.4, 0.5) is 4.79 Å². The molecule has 1 saturated heterocycles. The highest BCUT2D eigenvalue weighted by Gasteiger charge is 2.22. The smallest absolute Gasteiger partial charge is 0.407 e. The number of hydrogen-bond acceptors (Lipinski definition) is 9. The molecule has 0 saturated carbocycles. The first kappa shape index (κ1) is 33.5. The minimum absolute atomic E-state index is 0.0187. The summed E-state index contributed by atoms with van der Waals surface area (Å²) in [6, 6.07) is 18.8. The number of pyridine rings is 2. The van der Waals surface area contributed by atoms with Gasteiger partial charge < -0.3 is 30.0 Å². The highest BCUT2D eigenvalue weighted by Crippen LogP contribution is 2.42. The minimum atomic E-state index is -0.601. The van der Waals surface area contributed by atoms with Crippen LogP contribution in [0.2, 0.25) is 10.0 Å². The van der Waals surface area contributed by atoms with Gasteiger partial charge in [0.25, 0.3) is 0 Å². The molecule has 3 N–H and O–H groups in total. The number of benzene rings is 2. The zero-order chi connectivity index (χ0) is 33.6. The Bertz CT molecular complexity index is 1820. The lowest BCUT2D eigenvalue weighted by atomic mass is 9.98. The number of hydrogen-bond donors (Lipinski definition) is 3. The third-order valence-corrected chi connectivity index (χ3v) is 9.12. The van der Waals surface area contributed by atoms with Crippen LogP contribution in [0.1, 0.15) is 24.0 Å². The predicted molar refractivity (Wildman–Crippen MR) is 182 cm³/mol. The summed E-state index contributed by atoms with van der Waals surface area (Å²) in [4.78, 5) is 35.2. The number of halogens is 2. The number of fused-ring (bicyclic) bond motifs is 1. The molecule has 0 unspecified atom stereocenters. The van der Waals surface area contributed by atoms with Gasteiger partial charge in [0, 0.05) is 66.5 Å². The van der Waals surface area contributed by atoms with Crippen LogP contribution in [0.3, 0.4) is 0 Å². The summed E-state index contributed by atoms with van der Waals surface area (Å²) in [7, 11) is 1.49. The first-order valence-corrected chi connectivity index (χ1v) is 16.4. The zero-order valence-corrected chi connectivity index (χ0v) is 27.8. The number of nitrogens with zero attached hydrogens (tertiary/aromatic N) is 3. The van der Waals surface area contributed by atoms with E-state index in [0.29, 0.717) is 89.9 Å². The molecule has 6 rings (SSSR count). The van der Waals surface area contributed by atoms with Crippen LogP contribution in [-0.4, -0.2) is 78.0 Å². The first-order chi connectivity index (χ1) is 23.3. The highest BCUT2D eigenvalue weighted by molar-refractivity contribution is 6.39. The molecule has 2 aromatic carbocycles. The lowest BCUT2D eigenvalue weighted by Gasteiger charge is -2.17. The van der Waals surface area contributed by atoms with Gasteiger partial charge >= 0.3 is 6.09 Å². The summed E-state index contributed by atoms with van der Waals surface area (Å²) in [5.74, 6) is 0.832. The number of ether oxygens (including phenoxy) is 3. The molecule has 48 heavy (non-hydrogen) atoms. The van der Waals surface area contributed by atoms with Crippen LogP contribution >= 0.6 is 23.2 Å². The largest absolute Gasteiger partial charge is 0.481 e.